The summed E-state index contributed by atoms with van der Waals surface area (Å²) >= 11 is 0. The van der Waals surface area contributed by atoms with Crippen molar-refractivity contribution in [1.82, 2.24) is 4.98 Å². The smallest absolute Gasteiger partial charge is 0.231 e. The van der Waals surface area contributed by atoms with E-state index < -0.39 is 0 Å². The first kappa shape index (κ1) is 11.9. The molecule has 5 rings (SSSR count). The van der Waals surface area contributed by atoms with Crippen LogP contribution in [0.25, 0.3) is 22.4 Å². The quantitative estimate of drug-likeness (QED) is 0.729. The van der Waals surface area contributed by atoms with Gasteiger partial charge in [0.15, 0.2) is 11.5 Å². The third kappa shape index (κ3) is 1.69. The number of fused-ring (bicyclic) bond motifs is 4. The lowest BCUT2D eigenvalue weighted by molar-refractivity contribution is 0.174. The molecule has 0 saturated heterocycles. The van der Waals surface area contributed by atoms with E-state index in [-0.39, 0.29) is 0 Å². The van der Waals surface area contributed by atoms with Crippen molar-refractivity contribution < 1.29 is 9.47 Å². The summed E-state index contributed by atoms with van der Waals surface area (Å²) in [5.41, 5.74) is 7.72. The van der Waals surface area contributed by atoms with Gasteiger partial charge in [0.1, 0.15) is 0 Å². The molecule has 1 aliphatic heterocycles. The fourth-order valence-corrected chi connectivity index (χ4v) is 3.42. The van der Waals surface area contributed by atoms with Gasteiger partial charge < -0.3 is 14.5 Å². The van der Waals surface area contributed by atoms with Gasteiger partial charge in [-0.15, -0.1) is 0 Å². The Balaban J connectivity index is 1.63. The molecule has 1 aliphatic carbocycles. The topological polar surface area (TPSA) is 34.2 Å². The van der Waals surface area contributed by atoms with Crippen molar-refractivity contribution in [2.45, 2.75) is 12.8 Å². The highest BCUT2D eigenvalue weighted by Gasteiger charge is 2.20. The summed E-state index contributed by atoms with van der Waals surface area (Å²) in [6, 6.07) is 17.0. The number of H-pyrrole nitrogens is 1. The zero-order valence-electron chi connectivity index (χ0n) is 12.1. The van der Waals surface area contributed by atoms with Gasteiger partial charge in [0.05, 0.1) is 0 Å². The first-order chi connectivity index (χ1) is 10.9. The first-order valence-electron chi connectivity index (χ1n) is 7.59. The third-order valence-corrected chi connectivity index (χ3v) is 4.53. The van der Waals surface area contributed by atoms with Crippen molar-refractivity contribution in [3.8, 4) is 33.9 Å². The first-order valence-corrected chi connectivity index (χ1v) is 7.59. The molecule has 0 unspecified atom stereocenters. The van der Waals surface area contributed by atoms with Crippen LogP contribution in [0.5, 0.6) is 11.5 Å². The molecule has 2 heterocycles. The predicted octanol–water partition coefficient (Wildman–Crippen LogP) is 4.18. The molecule has 22 heavy (non-hydrogen) atoms. The average molecular weight is 289 g/mol. The zero-order valence-corrected chi connectivity index (χ0v) is 12.1. The summed E-state index contributed by atoms with van der Waals surface area (Å²) in [5, 5.41) is 0. The predicted molar refractivity (Wildman–Crippen MR) is 85.2 cm³/mol. The standard InChI is InChI=1S/C19H15NO2/c1-2-4-14-12(3-1)5-7-16-15(14)10-17(20-16)13-6-8-18-19(9-13)22-11-21-18/h1-4,6,8-10,20H,5,7,11H2. The van der Waals surface area contributed by atoms with Gasteiger partial charge in [0.25, 0.3) is 0 Å². The molecule has 1 N–H and O–H groups in total. The van der Waals surface area contributed by atoms with Gasteiger partial charge in [-0.3, -0.25) is 0 Å². The molecule has 1 aromatic heterocycles. The lowest BCUT2D eigenvalue weighted by Gasteiger charge is -2.15. The maximum absolute atomic E-state index is 5.48. The van der Waals surface area contributed by atoms with Gasteiger partial charge >= 0.3 is 0 Å². The van der Waals surface area contributed by atoms with Crippen LogP contribution in [0, 0.1) is 0 Å². The second-order valence-electron chi connectivity index (χ2n) is 5.80. The number of hydrogen-bond donors (Lipinski definition) is 1. The van der Waals surface area contributed by atoms with Crippen LogP contribution in [0.3, 0.4) is 0 Å². The van der Waals surface area contributed by atoms with Crippen LogP contribution >= 0.6 is 0 Å². The Kier molecular flexibility index (Phi) is 2.39. The van der Waals surface area contributed by atoms with Gasteiger partial charge in [0.2, 0.25) is 6.79 Å². The number of rotatable bonds is 1. The lowest BCUT2D eigenvalue weighted by Crippen LogP contribution is -2.02. The molecule has 0 spiro atoms. The minimum Gasteiger partial charge on any atom is -0.454 e. The van der Waals surface area contributed by atoms with E-state index in [0.29, 0.717) is 6.79 Å². The van der Waals surface area contributed by atoms with Gasteiger partial charge in [-0.1, -0.05) is 24.3 Å². The van der Waals surface area contributed by atoms with Crippen molar-refractivity contribution in [3.63, 3.8) is 0 Å². The number of aryl methyl sites for hydroxylation is 2. The second kappa shape index (κ2) is 4.41. The summed E-state index contributed by atoms with van der Waals surface area (Å²) in [7, 11) is 0. The van der Waals surface area contributed by atoms with E-state index in [1.54, 1.807) is 0 Å². The normalized spacial score (nSPS) is 14.5. The van der Waals surface area contributed by atoms with Crippen molar-refractivity contribution in [2.24, 2.45) is 0 Å². The summed E-state index contributed by atoms with van der Waals surface area (Å²) in [6.07, 6.45) is 2.17. The van der Waals surface area contributed by atoms with Crippen LogP contribution in [-0.4, -0.2) is 11.8 Å². The van der Waals surface area contributed by atoms with Crippen LogP contribution in [0.15, 0.2) is 48.5 Å². The lowest BCUT2D eigenvalue weighted by atomic mass is 9.90. The largest absolute Gasteiger partial charge is 0.454 e. The van der Waals surface area contributed by atoms with Crippen molar-refractivity contribution in [3.05, 3.63) is 59.8 Å². The summed E-state index contributed by atoms with van der Waals surface area (Å²) in [4.78, 5) is 3.59. The number of hydrogen-bond acceptors (Lipinski definition) is 2. The highest BCUT2D eigenvalue weighted by Crippen LogP contribution is 2.39. The molecule has 2 aromatic carbocycles. The Morgan fingerprint density at radius 2 is 1.73 bits per heavy atom. The second-order valence-corrected chi connectivity index (χ2v) is 5.80. The van der Waals surface area contributed by atoms with E-state index in [1.165, 1.54) is 22.4 Å². The molecular formula is C19H15NO2. The number of ether oxygens (including phenoxy) is 2. The fraction of sp³-hybridized carbons (Fsp3) is 0.158. The Hall–Kier alpha value is -2.68. The number of aromatic amines is 1. The molecule has 108 valence electrons. The molecule has 0 amide bonds. The summed E-state index contributed by atoms with van der Waals surface area (Å²) in [5.74, 6) is 1.65. The Morgan fingerprint density at radius 1 is 0.818 bits per heavy atom. The zero-order chi connectivity index (χ0) is 14.5. The van der Waals surface area contributed by atoms with Crippen LogP contribution < -0.4 is 9.47 Å². The summed E-state index contributed by atoms with van der Waals surface area (Å²) in [6.45, 7) is 0.313. The maximum atomic E-state index is 5.48. The van der Waals surface area contributed by atoms with Gasteiger partial charge in [-0.2, -0.15) is 0 Å². The monoisotopic (exact) mass is 289 g/mol. The van der Waals surface area contributed by atoms with Gasteiger partial charge in [-0.05, 0) is 48.2 Å². The highest BCUT2D eigenvalue weighted by atomic mass is 16.7. The molecule has 0 atom stereocenters. The van der Waals surface area contributed by atoms with Crippen molar-refractivity contribution >= 4 is 0 Å². The minimum absolute atomic E-state index is 0.313. The molecule has 0 fully saturated rings. The van der Waals surface area contributed by atoms with Gasteiger partial charge in [-0.25, -0.2) is 0 Å². The van der Waals surface area contributed by atoms with Crippen LogP contribution in [0.2, 0.25) is 0 Å². The molecule has 3 heteroatoms. The molecule has 3 nitrogen and oxygen atoms in total. The van der Waals surface area contributed by atoms with E-state index >= 15 is 0 Å². The molecule has 0 bridgehead atoms. The molecule has 0 saturated carbocycles. The van der Waals surface area contributed by atoms with Crippen LogP contribution in [0.1, 0.15) is 11.3 Å². The number of aromatic nitrogens is 1. The van der Waals surface area contributed by atoms with E-state index in [0.717, 1.165) is 35.6 Å². The van der Waals surface area contributed by atoms with Crippen molar-refractivity contribution in [2.75, 3.05) is 6.79 Å². The van der Waals surface area contributed by atoms with E-state index in [1.807, 2.05) is 12.1 Å². The number of benzene rings is 2. The Labute approximate surface area is 128 Å². The average Bonchev–Trinajstić information content (AvgIpc) is 3.20. The summed E-state index contributed by atoms with van der Waals surface area (Å²) < 4.78 is 10.9. The SMILES string of the molecule is c1ccc2c(c1)CCc1[nH]c(-c3ccc4c(c3)OCO4)cc1-2. The third-order valence-electron chi connectivity index (χ3n) is 4.53. The van der Waals surface area contributed by atoms with E-state index in [9.17, 15) is 0 Å². The van der Waals surface area contributed by atoms with E-state index in [2.05, 4.69) is 41.4 Å². The van der Waals surface area contributed by atoms with Crippen LogP contribution in [-0.2, 0) is 12.8 Å². The minimum atomic E-state index is 0.313. The Morgan fingerprint density at radius 3 is 2.73 bits per heavy atom. The van der Waals surface area contributed by atoms with Gasteiger partial charge in [0, 0.05) is 22.5 Å². The van der Waals surface area contributed by atoms with Crippen molar-refractivity contribution in [1.29, 1.82) is 0 Å². The molecule has 3 aromatic rings. The van der Waals surface area contributed by atoms with E-state index in [4.69, 9.17) is 9.47 Å². The molecule has 2 aliphatic rings. The maximum Gasteiger partial charge on any atom is 0.231 e. The number of nitrogens with one attached hydrogen (secondary N) is 1. The Bertz CT molecular complexity index is 879. The van der Waals surface area contributed by atoms with Crippen LogP contribution in [0.4, 0.5) is 0 Å². The molecule has 0 radical (unpaired) electrons. The highest BCUT2D eigenvalue weighted by molar-refractivity contribution is 5.78. The fourth-order valence-electron chi connectivity index (χ4n) is 3.42. The molecular weight excluding hydrogens is 274 g/mol.